The number of nitrogens with one attached hydrogen (secondary N) is 1. The summed E-state index contributed by atoms with van der Waals surface area (Å²) in [4.78, 5) is 14.5. The summed E-state index contributed by atoms with van der Waals surface area (Å²) in [5, 5.41) is 2.91. The number of nitrogens with two attached hydrogens (primary N) is 1. The van der Waals surface area contributed by atoms with Crippen LogP contribution in [0.2, 0.25) is 0 Å². The van der Waals surface area contributed by atoms with Gasteiger partial charge in [0.05, 0.1) is 13.1 Å². The Kier molecular flexibility index (Phi) is 4.94. The molecule has 0 aliphatic heterocycles. The zero-order valence-corrected chi connectivity index (χ0v) is 12.1. The summed E-state index contributed by atoms with van der Waals surface area (Å²) in [6.07, 6.45) is 0. The summed E-state index contributed by atoms with van der Waals surface area (Å²) in [6, 6.07) is 11.3. The van der Waals surface area contributed by atoms with Gasteiger partial charge in [0.2, 0.25) is 0 Å². The molecule has 0 aliphatic rings. The molecule has 2 rings (SSSR count). The van der Waals surface area contributed by atoms with Gasteiger partial charge in [0.15, 0.2) is 0 Å². The largest absolute Gasteiger partial charge is 0.347 e. The van der Waals surface area contributed by atoms with Crippen LogP contribution in [0.15, 0.2) is 36.4 Å². The Balaban J connectivity index is 2.01. The molecule has 1 amide bonds. The van der Waals surface area contributed by atoms with E-state index in [4.69, 9.17) is 5.73 Å². The zero-order chi connectivity index (χ0) is 14.4. The second-order valence-corrected chi connectivity index (χ2v) is 5.65. The second kappa shape index (κ2) is 6.90. The maximum atomic E-state index is 12.1. The first-order valence-electron chi connectivity index (χ1n) is 6.31. The predicted molar refractivity (Wildman–Crippen MR) is 82.6 cm³/mol. The van der Waals surface area contributed by atoms with E-state index in [1.165, 1.54) is 4.88 Å². The van der Waals surface area contributed by atoms with Crippen LogP contribution < -0.4 is 11.1 Å². The van der Waals surface area contributed by atoms with Crippen molar-refractivity contribution in [3.05, 3.63) is 57.3 Å². The molecule has 0 radical (unpaired) electrons. The van der Waals surface area contributed by atoms with Crippen LogP contribution in [0.1, 0.15) is 25.7 Å². The molecule has 0 unspecified atom stereocenters. The number of carbonyl (C=O) groups excluding carboxylic acids is 1. The molecule has 1 aromatic heterocycles. The maximum absolute atomic E-state index is 12.1. The first kappa shape index (κ1) is 14.3. The molecule has 0 aliphatic carbocycles. The van der Waals surface area contributed by atoms with Crippen LogP contribution in [0.25, 0.3) is 0 Å². The number of hydrogen-bond donors (Lipinski definition) is 2. The number of hydrogen-bond acceptors (Lipinski definition) is 3. The smallest absolute Gasteiger partial charge is 0.251 e. The Labute approximate surface area is 122 Å². The van der Waals surface area contributed by atoms with E-state index in [0.717, 1.165) is 10.4 Å². The molecule has 4 heteroatoms. The number of rotatable bonds is 3. The minimum absolute atomic E-state index is 0.0903. The molecule has 2 aromatic rings. The molecule has 1 heterocycles. The van der Waals surface area contributed by atoms with Crippen LogP contribution >= 0.6 is 11.3 Å². The topological polar surface area (TPSA) is 55.1 Å². The molecule has 0 atom stereocenters. The number of thiophene rings is 1. The summed E-state index contributed by atoms with van der Waals surface area (Å²) in [5.41, 5.74) is 6.75. The summed E-state index contributed by atoms with van der Waals surface area (Å²) in [7, 11) is 0. The zero-order valence-electron chi connectivity index (χ0n) is 11.3. The van der Waals surface area contributed by atoms with E-state index in [-0.39, 0.29) is 5.91 Å². The first-order chi connectivity index (χ1) is 9.69. The third kappa shape index (κ3) is 3.95. The van der Waals surface area contributed by atoms with Crippen molar-refractivity contribution in [2.24, 2.45) is 5.73 Å². The molecule has 3 N–H and O–H groups in total. The molecule has 0 fully saturated rings. The third-order valence-electron chi connectivity index (χ3n) is 2.68. The molecular weight excluding hydrogens is 268 g/mol. The highest BCUT2D eigenvalue weighted by Gasteiger charge is 2.06. The van der Waals surface area contributed by atoms with E-state index in [0.29, 0.717) is 18.7 Å². The van der Waals surface area contributed by atoms with Crippen molar-refractivity contribution >= 4 is 17.2 Å². The molecule has 1 aromatic carbocycles. The average molecular weight is 284 g/mol. The highest BCUT2D eigenvalue weighted by molar-refractivity contribution is 7.11. The number of carbonyl (C=O) groups is 1. The van der Waals surface area contributed by atoms with Gasteiger partial charge >= 0.3 is 0 Å². The van der Waals surface area contributed by atoms with Crippen LogP contribution in [0.5, 0.6) is 0 Å². The van der Waals surface area contributed by atoms with Gasteiger partial charge in [-0.1, -0.05) is 17.9 Å². The van der Waals surface area contributed by atoms with Crippen molar-refractivity contribution in [3.63, 3.8) is 0 Å². The van der Waals surface area contributed by atoms with Gasteiger partial charge in [0.1, 0.15) is 0 Å². The number of benzene rings is 1. The lowest BCUT2D eigenvalue weighted by atomic mass is 10.1. The van der Waals surface area contributed by atoms with E-state index < -0.39 is 0 Å². The minimum Gasteiger partial charge on any atom is -0.347 e. The standard InChI is InChI=1S/C16H16N2OS/c1-12-7-8-15(20-12)11-18-16(19)14-6-2-4-13(10-14)5-3-9-17/h2,4,6-8,10H,9,11,17H2,1H3,(H,18,19). The highest BCUT2D eigenvalue weighted by atomic mass is 32.1. The monoisotopic (exact) mass is 284 g/mol. The summed E-state index contributed by atoms with van der Waals surface area (Å²) >= 11 is 1.69. The van der Waals surface area contributed by atoms with E-state index in [1.807, 2.05) is 18.2 Å². The van der Waals surface area contributed by atoms with Crippen LogP contribution in [0.3, 0.4) is 0 Å². The van der Waals surface area contributed by atoms with Gasteiger partial charge in [-0.3, -0.25) is 4.79 Å². The molecule has 20 heavy (non-hydrogen) atoms. The highest BCUT2D eigenvalue weighted by Crippen LogP contribution is 2.14. The van der Waals surface area contributed by atoms with Gasteiger partial charge in [0, 0.05) is 20.9 Å². The van der Waals surface area contributed by atoms with Crippen molar-refractivity contribution in [1.29, 1.82) is 0 Å². The Morgan fingerprint density at radius 3 is 2.90 bits per heavy atom. The van der Waals surface area contributed by atoms with Crippen molar-refractivity contribution in [2.45, 2.75) is 13.5 Å². The lowest BCUT2D eigenvalue weighted by Gasteiger charge is -2.04. The minimum atomic E-state index is -0.0903. The van der Waals surface area contributed by atoms with Crippen LogP contribution in [-0.4, -0.2) is 12.5 Å². The van der Waals surface area contributed by atoms with Gasteiger partial charge in [0.25, 0.3) is 5.91 Å². The molecule has 3 nitrogen and oxygen atoms in total. The Hall–Kier alpha value is -2.09. The van der Waals surface area contributed by atoms with Crippen LogP contribution in [-0.2, 0) is 6.54 Å². The van der Waals surface area contributed by atoms with Crippen molar-refractivity contribution in [1.82, 2.24) is 5.32 Å². The van der Waals surface area contributed by atoms with E-state index >= 15 is 0 Å². The Bertz CT molecular complexity index is 664. The summed E-state index contributed by atoms with van der Waals surface area (Å²) in [5.74, 6) is 5.61. The van der Waals surface area contributed by atoms with Gasteiger partial charge in [-0.05, 0) is 37.3 Å². The van der Waals surface area contributed by atoms with Crippen LogP contribution in [0.4, 0.5) is 0 Å². The fraction of sp³-hybridized carbons (Fsp3) is 0.188. The van der Waals surface area contributed by atoms with Crippen molar-refractivity contribution < 1.29 is 4.79 Å². The molecule has 102 valence electrons. The quantitative estimate of drug-likeness (QED) is 0.850. The molecule has 0 saturated carbocycles. The van der Waals surface area contributed by atoms with Gasteiger partial charge < -0.3 is 11.1 Å². The average Bonchev–Trinajstić information content (AvgIpc) is 2.88. The lowest BCUT2D eigenvalue weighted by Crippen LogP contribution is -2.22. The molecular formula is C16H16N2OS. The van der Waals surface area contributed by atoms with E-state index in [9.17, 15) is 4.79 Å². The van der Waals surface area contributed by atoms with Crippen molar-refractivity contribution in [3.8, 4) is 11.8 Å². The fourth-order valence-electron chi connectivity index (χ4n) is 1.74. The van der Waals surface area contributed by atoms with Crippen molar-refractivity contribution in [2.75, 3.05) is 6.54 Å². The summed E-state index contributed by atoms with van der Waals surface area (Å²) in [6.45, 7) is 2.92. The molecule has 0 saturated heterocycles. The third-order valence-corrected chi connectivity index (χ3v) is 3.68. The van der Waals surface area contributed by atoms with Gasteiger partial charge in [-0.2, -0.15) is 0 Å². The molecule has 0 spiro atoms. The van der Waals surface area contributed by atoms with Crippen LogP contribution in [0, 0.1) is 18.8 Å². The second-order valence-electron chi connectivity index (χ2n) is 4.28. The predicted octanol–water partition coefficient (Wildman–Crippen LogP) is 2.30. The number of aryl methyl sites for hydroxylation is 1. The number of amides is 1. The Morgan fingerprint density at radius 2 is 2.20 bits per heavy atom. The van der Waals surface area contributed by atoms with E-state index in [2.05, 4.69) is 30.1 Å². The van der Waals surface area contributed by atoms with Gasteiger partial charge in [-0.25, -0.2) is 0 Å². The Morgan fingerprint density at radius 1 is 1.35 bits per heavy atom. The fourth-order valence-corrected chi connectivity index (χ4v) is 2.57. The normalized spacial score (nSPS) is 9.70. The molecule has 0 bridgehead atoms. The summed E-state index contributed by atoms with van der Waals surface area (Å²) < 4.78 is 0. The van der Waals surface area contributed by atoms with E-state index in [1.54, 1.807) is 23.5 Å². The van der Waals surface area contributed by atoms with Gasteiger partial charge in [-0.15, -0.1) is 11.3 Å². The SMILES string of the molecule is Cc1ccc(CNC(=O)c2cccc(C#CCN)c2)s1. The lowest BCUT2D eigenvalue weighted by molar-refractivity contribution is 0.0951. The first-order valence-corrected chi connectivity index (χ1v) is 7.13. The maximum Gasteiger partial charge on any atom is 0.251 e.